The summed E-state index contributed by atoms with van der Waals surface area (Å²) < 4.78 is 39.2. The van der Waals surface area contributed by atoms with Crippen LogP contribution in [-0.2, 0) is 26.2 Å². The number of rotatable bonds is 13. The Morgan fingerprint density at radius 3 is 2.28 bits per heavy atom. The van der Waals surface area contributed by atoms with E-state index >= 15 is 0 Å². The van der Waals surface area contributed by atoms with Crippen LogP contribution in [-0.4, -0.2) is 50.0 Å². The molecule has 0 saturated heterocycles. The van der Waals surface area contributed by atoms with Crippen molar-refractivity contribution < 1.29 is 22.4 Å². The molecule has 2 aromatic rings. The topological polar surface area (TPSA) is 86.8 Å². The number of carbonyl (C=O) groups is 2. The van der Waals surface area contributed by atoms with Crippen LogP contribution in [0.15, 0.2) is 48.5 Å². The number of nitrogens with one attached hydrogen (secondary N) is 1. The van der Waals surface area contributed by atoms with Crippen LogP contribution in [0, 0.1) is 12.7 Å². The van der Waals surface area contributed by atoms with Crippen LogP contribution in [0.4, 0.5) is 10.1 Å². The van der Waals surface area contributed by atoms with Gasteiger partial charge < -0.3 is 10.2 Å². The number of anilines is 1. The second-order valence-corrected chi connectivity index (χ2v) is 11.1. The number of nitrogens with zero attached hydrogens (tertiary/aromatic N) is 2. The van der Waals surface area contributed by atoms with E-state index < -0.39 is 21.9 Å². The van der Waals surface area contributed by atoms with Crippen molar-refractivity contribution in [1.29, 1.82) is 0 Å². The average Bonchev–Trinajstić information content (AvgIpc) is 2.81. The third kappa shape index (κ3) is 8.62. The van der Waals surface area contributed by atoms with Gasteiger partial charge in [-0.1, -0.05) is 43.7 Å². The van der Waals surface area contributed by atoms with Gasteiger partial charge in [0.05, 0.1) is 11.9 Å². The van der Waals surface area contributed by atoms with Gasteiger partial charge in [0.15, 0.2) is 0 Å². The van der Waals surface area contributed by atoms with Gasteiger partial charge in [-0.15, -0.1) is 0 Å². The van der Waals surface area contributed by atoms with Crippen LogP contribution in [0.2, 0.25) is 0 Å². The number of sulfonamides is 1. The zero-order valence-electron chi connectivity index (χ0n) is 21.8. The quantitative estimate of drug-likeness (QED) is 0.425. The molecule has 0 aromatic heterocycles. The molecule has 0 radical (unpaired) electrons. The molecule has 7 nitrogen and oxygen atoms in total. The molecule has 2 amide bonds. The van der Waals surface area contributed by atoms with E-state index in [0.29, 0.717) is 12.1 Å². The first-order chi connectivity index (χ1) is 17.0. The van der Waals surface area contributed by atoms with E-state index in [1.54, 1.807) is 4.90 Å². The summed E-state index contributed by atoms with van der Waals surface area (Å²) in [6.45, 7) is 8.09. The molecule has 0 spiro atoms. The number of carbonyl (C=O) groups excluding carboxylic acids is 2. The number of hydrogen-bond donors (Lipinski definition) is 1. The van der Waals surface area contributed by atoms with E-state index in [9.17, 15) is 22.4 Å². The zero-order chi connectivity index (χ0) is 26.9. The average molecular weight is 520 g/mol. The molecule has 198 valence electrons. The van der Waals surface area contributed by atoms with Crippen molar-refractivity contribution >= 4 is 27.5 Å². The lowest BCUT2D eigenvalue weighted by atomic mass is 10.1. The lowest BCUT2D eigenvalue weighted by molar-refractivity contribution is -0.141. The lowest BCUT2D eigenvalue weighted by Crippen LogP contribution is -2.50. The molecule has 0 aliphatic rings. The molecule has 0 fully saturated rings. The van der Waals surface area contributed by atoms with Gasteiger partial charge in [-0.05, 0) is 62.9 Å². The number of benzene rings is 2. The lowest BCUT2D eigenvalue weighted by Gasteiger charge is -2.32. The molecule has 2 atom stereocenters. The molecule has 2 rings (SSSR count). The van der Waals surface area contributed by atoms with E-state index in [0.717, 1.165) is 28.1 Å². The molecule has 2 unspecified atom stereocenters. The van der Waals surface area contributed by atoms with Crippen molar-refractivity contribution in [3.63, 3.8) is 0 Å². The van der Waals surface area contributed by atoms with Crippen LogP contribution in [0.25, 0.3) is 0 Å². The highest BCUT2D eigenvalue weighted by Crippen LogP contribution is 2.20. The fourth-order valence-corrected chi connectivity index (χ4v) is 4.94. The highest BCUT2D eigenvalue weighted by molar-refractivity contribution is 7.92. The molecule has 2 aromatic carbocycles. The highest BCUT2D eigenvalue weighted by atomic mass is 32.2. The van der Waals surface area contributed by atoms with Crippen LogP contribution < -0.4 is 9.62 Å². The second-order valence-electron chi connectivity index (χ2n) is 9.17. The molecule has 1 N–H and O–H groups in total. The first-order valence-corrected chi connectivity index (χ1v) is 14.2. The minimum atomic E-state index is -3.63. The molecule has 0 saturated carbocycles. The number of aryl methyl sites for hydroxylation is 1. The van der Waals surface area contributed by atoms with Gasteiger partial charge in [0, 0.05) is 25.6 Å². The fourth-order valence-electron chi connectivity index (χ4n) is 3.98. The summed E-state index contributed by atoms with van der Waals surface area (Å²) in [6.07, 6.45) is 2.61. The summed E-state index contributed by atoms with van der Waals surface area (Å²) in [4.78, 5) is 28.1. The number of amides is 2. The van der Waals surface area contributed by atoms with Gasteiger partial charge >= 0.3 is 0 Å². The SMILES string of the molecule is CCC(C)NC(=O)C(CC)N(Cc1cccc(C)c1)C(=O)CCCN(c1ccc(F)cc1)S(C)(=O)=O. The molecular weight excluding hydrogens is 481 g/mol. The highest BCUT2D eigenvalue weighted by Gasteiger charge is 2.29. The maximum absolute atomic E-state index is 13.4. The van der Waals surface area contributed by atoms with E-state index in [2.05, 4.69) is 5.32 Å². The van der Waals surface area contributed by atoms with Crippen molar-refractivity contribution in [1.82, 2.24) is 10.2 Å². The Hall–Kier alpha value is -2.94. The van der Waals surface area contributed by atoms with E-state index in [1.165, 1.54) is 24.3 Å². The van der Waals surface area contributed by atoms with Gasteiger partial charge in [-0.3, -0.25) is 13.9 Å². The minimum Gasteiger partial charge on any atom is -0.352 e. The third-order valence-corrected chi connectivity index (χ3v) is 7.28. The maximum atomic E-state index is 13.4. The molecule has 9 heteroatoms. The zero-order valence-corrected chi connectivity index (χ0v) is 22.6. The summed E-state index contributed by atoms with van der Waals surface area (Å²) in [5, 5.41) is 2.98. The Morgan fingerprint density at radius 2 is 1.72 bits per heavy atom. The molecular formula is C27H38FN3O4S. The summed E-state index contributed by atoms with van der Waals surface area (Å²) in [6, 6.07) is 12.3. The Morgan fingerprint density at radius 1 is 1.06 bits per heavy atom. The molecule has 0 aliphatic carbocycles. The smallest absolute Gasteiger partial charge is 0.243 e. The predicted octanol–water partition coefficient (Wildman–Crippen LogP) is 4.40. The maximum Gasteiger partial charge on any atom is 0.243 e. The standard InChI is InChI=1S/C27H38FN3O4S/c1-6-21(4)29-27(33)25(7-2)30(19-22-11-8-10-20(3)18-22)26(32)12-9-17-31(36(5,34)35)24-15-13-23(28)14-16-24/h8,10-11,13-16,18,21,25H,6-7,9,12,17,19H2,1-5H3,(H,29,33). The normalized spacial score (nSPS) is 13.1. The first-order valence-electron chi connectivity index (χ1n) is 12.3. The van der Waals surface area contributed by atoms with Crippen LogP contribution >= 0.6 is 0 Å². The number of halogens is 1. The van der Waals surface area contributed by atoms with Gasteiger partial charge in [0.2, 0.25) is 21.8 Å². The Kier molecular flexibility index (Phi) is 10.9. The summed E-state index contributed by atoms with van der Waals surface area (Å²) in [7, 11) is -3.63. The number of hydrogen-bond acceptors (Lipinski definition) is 4. The molecule has 0 bridgehead atoms. The first kappa shape index (κ1) is 29.3. The van der Waals surface area contributed by atoms with Crippen LogP contribution in [0.5, 0.6) is 0 Å². The summed E-state index contributed by atoms with van der Waals surface area (Å²) >= 11 is 0. The van der Waals surface area contributed by atoms with Crippen molar-refractivity contribution in [2.24, 2.45) is 0 Å². The fraction of sp³-hybridized carbons (Fsp3) is 0.481. The summed E-state index contributed by atoms with van der Waals surface area (Å²) in [5.41, 5.74) is 2.31. The van der Waals surface area contributed by atoms with Crippen LogP contribution in [0.3, 0.4) is 0 Å². The predicted molar refractivity (Wildman–Crippen MR) is 142 cm³/mol. The second kappa shape index (κ2) is 13.4. The molecule has 0 heterocycles. The van der Waals surface area contributed by atoms with E-state index in [-0.39, 0.29) is 43.8 Å². The molecule has 0 aliphatic heterocycles. The largest absolute Gasteiger partial charge is 0.352 e. The summed E-state index contributed by atoms with van der Waals surface area (Å²) in [5.74, 6) is -0.886. The Bertz CT molecular complexity index is 1120. The van der Waals surface area contributed by atoms with Gasteiger partial charge in [0.25, 0.3) is 0 Å². The van der Waals surface area contributed by atoms with Gasteiger partial charge in [-0.2, -0.15) is 0 Å². The van der Waals surface area contributed by atoms with E-state index in [1.807, 2.05) is 52.0 Å². The van der Waals surface area contributed by atoms with Gasteiger partial charge in [-0.25, -0.2) is 12.8 Å². The van der Waals surface area contributed by atoms with Crippen molar-refractivity contribution in [2.75, 3.05) is 17.1 Å². The Labute approximate surface area is 214 Å². The van der Waals surface area contributed by atoms with Crippen molar-refractivity contribution in [3.8, 4) is 0 Å². The van der Waals surface area contributed by atoms with Crippen LogP contribution in [0.1, 0.15) is 57.6 Å². The van der Waals surface area contributed by atoms with Crippen molar-refractivity contribution in [3.05, 3.63) is 65.5 Å². The Balaban J connectivity index is 2.22. The molecule has 36 heavy (non-hydrogen) atoms. The van der Waals surface area contributed by atoms with E-state index in [4.69, 9.17) is 0 Å². The monoisotopic (exact) mass is 519 g/mol. The van der Waals surface area contributed by atoms with Gasteiger partial charge in [0.1, 0.15) is 11.9 Å². The van der Waals surface area contributed by atoms with Crippen molar-refractivity contribution in [2.45, 2.75) is 72.0 Å². The minimum absolute atomic E-state index is 0.0125. The third-order valence-electron chi connectivity index (χ3n) is 6.09.